The average Bonchev–Trinajstić information content (AvgIpc) is 2.71. The number of aromatic nitrogens is 1. The maximum Gasteiger partial charge on any atom is 0.243 e. The van der Waals surface area contributed by atoms with Crippen LogP contribution in [-0.2, 0) is 4.79 Å². The van der Waals surface area contributed by atoms with Gasteiger partial charge in [-0.05, 0) is 29.3 Å². The summed E-state index contributed by atoms with van der Waals surface area (Å²) in [5.41, 5.74) is 5.21. The van der Waals surface area contributed by atoms with Crippen molar-refractivity contribution < 1.29 is 4.79 Å². The van der Waals surface area contributed by atoms with Gasteiger partial charge in [-0.3, -0.25) is 9.78 Å². The Morgan fingerprint density at radius 2 is 1.70 bits per heavy atom. The zero-order valence-corrected chi connectivity index (χ0v) is 15.3. The number of hydrogen-bond donors (Lipinski definition) is 1. The summed E-state index contributed by atoms with van der Waals surface area (Å²) < 4.78 is 0. The van der Waals surface area contributed by atoms with E-state index in [2.05, 4.69) is 39.3 Å². The van der Waals surface area contributed by atoms with E-state index in [0.717, 1.165) is 41.3 Å². The van der Waals surface area contributed by atoms with E-state index in [1.54, 1.807) is 6.20 Å². The second kappa shape index (κ2) is 7.50. The Morgan fingerprint density at radius 3 is 2.48 bits per heavy atom. The lowest BCUT2D eigenvalue weighted by molar-refractivity contribution is -0.115. The van der Waals surface area contributed by atoms with Gasteiger partial charge in [0.05, 0.1) is 24.1 Å². The number of rotatable bonds is 4. The fourth-order valence-electron chi connectivity index (χ4n) is 3.37. The third kappa shape index (κ3) is 3.77. The summed E-state index contributed by atoms with van der Waals surface area (Å²) in [6.45, 7) is 2.00. The first-order valence-corrected chi connectivity index (χ1v) is 9.06. The fourth-order valence-corrected chi connectivity index (χ4v) is 3.37. The number of nitrogens with zero attached hydrogens (tertiary/aromatic N) is 3. The molecule has 0 aliphatic carbocycles. The van der Waals surface area contributed by atoms with Gasteiger partial charge in [0.2, 0.25) is 5.91 Å². The normalized spacial score (nSPS) is 13.2. The quantitative estimate of drug-likeness (QED) is 0.773. The summed E-state index contributed by atoms with van der Waals surface area (Å²) in [6, 6.07) is 20.1. The molecule has 2 aromatic carbocycles. The van der Waals surface area contributed by atoms with Crippen LogP contribution in [-0.4, -0.2) is 37.6 Å². The van der Waals surface area contributed by atoms with Gasteiger partial charge in [0.1, 0.15) is 0 Å². The largest absolute Gasteiger partial charge is 0.371 e. The van der Waals surface area contributed by atoms with Gasteiger partial charge in [0.25, 0.3) is 0 Å². The van der Waals surface area contributed by atoms with Gasteiger partial charge in [-0.25, -0.2) is 0 Å². The van der Waals surface area contributed by atoms with Crippen LogP contribution in [0.3, 0.4) is 0 Å². The predicted octanol–water partition coefficient (Wildman–Crippen LogP) is 3.64. The molecule has 0 saturated heterocycles. The molecule has 1 aliphatic rings. The highest BCUT2D eigenvalue weighted by molar-refractivity contribution is 5.95. The Morgan fingerprint density at radius 1 is 0.963 bits per heavy atom. The number of carbonyl (C=O) groups is 1. The SMILES string of the molecule is CN1CCN(CC(=O)Nc2ccc(-c3ccccc3)cc2)c2cnccc21. The molecule has 27 heavy (non-hydrogen) atoms. The van der Waals surface area contributed by atoms with E-state index >= 15 is 0 Å². The van der Waals surface area contributed by atoms with Crippen molar-refractivity contribution in [3.63, 3.8) is 0 Å². The number of likely N-dealkylation sites (N-methyl/N-ethyl adjacent to an activating group) is 1. The zero-order chi connectivity index (χ0) is 18.6. The second-order valence-corrected chi connectivity index (χ2v) is 6.70. The number of nitrogens with one attached hydrogen (secondary N) is 1. The lowest BCUT2D eigenvalue weighted by Gasteiger charge is -2.36. The fraction of sp³-hybridized carbons (Fsp3) is 0.182. The number of anilines is 3. The summed E-state index contributed by atoms with van der Waals surface area (Å²) in [5, 5.41) is 3.00. The summed E-state index contributed by atoms with van der Waals surface area (Å²) in [6.07, 6.45) is 3.61. The summed E-state index contributed by atoms with van der Waals surface area (Å²) in [5.74, 6) is -0.0261. The van der Waals surface area contributed by atoms with Gasteiger partial charge >= 0.3 is 0 Å². The van der Waals surface area contributed by atoms with Crippen molar-refractivity contribution in [1.29, 1.82) is 0 Å². The highest BCUT2D eigenvalue weighted by atomic mass is 16.2. The predicted molar refractivity (Wildman–Crippen MR) is 110 cm³/mol. The molecule has 0 spiro atoms. The van der Waals surface area contributed by atoms with Gasteiger partial charge in [0, 0.05) is 32.0 Å². The van der Waals surface area contributed by atoms with Gasteiger partial charge in [-0.1, -0.05) is 42.5 Å². The first-order chi connectivity index (χ1) is 13.2. The number of pyridine rings is 1. The van der Waals surface area contributed by atoms with Crippen molar-refractivity contribution in [3.05, 3.63) is 73.1 Å². The zero-order valence-electron chi connectivity index (χ0n) is 15.3. The van der Waals surface area contributed by atoms with Crippen molar-refractivity contribution >= 4 is 23.0 Å². The summed E-state index contributed by atoms with van der Waals surface area (Å²) >= 11 is 0. The number of benzene rings is 2. The van der Waals surface area contributed by atoms with Crippen LogP contribution in [0.5, 0.6) is 0 Å². The highest BCUT2D eigenvalue weighted by Gasteiger charge is 2.22. The molecule has 0 radical (unpaired) electrons. The molecule has 0 atom stereocenters. The molecule has 1 N–H and O–H groups in total. The molecule has 0 fully saturated rings. The van der Waals surface area contributed by atoms with Crippen LogP contribution in [0.25, 0.3) is 11.1 Å². The van der Waals surface area contributed by atoms with E-state index < -0.39 is 0 Å². The molecular formula is C22H22N4O. The van der Waals surface area contributed by atoms with E-state index in [-0.39, 0.29) is 5.91 Å². The molecule has 5 nitrogen and oxygen atoms in total. The Hall–Kier alpha value is -3.34. The van der Waals surface area contributed by atoms with Crippen molar-refractivity contribution in [2.24, 2.45) is 0 Å². The monoisotopic (exact) mass is 358 g/mol. The Labute approximate surface area is 159 Å². The number of amides is 1. The van der Waals surface area contributed by atoms with Gasteiger partial charge in [-0.15, -0.1) is 0 Å². The van der Waals surface area contributed by atoms with Crippen LogP contribution >= 0.6 is 0 Å². The van der Waals surface area contributed by atoms with Crippen LogP contribution < -0.4 is 15.1 Å². The van der Waals surface area contributed by atoms with Gasteiger partial charge in [0.15, 0.2) is 0 Å². The third-order valence-electron chi connectivity index (χ3n) is 4.85. The third-order valence-corrected chi connectivity index (χ3v) is 4.85. The molecule has 0 unspecified atom stereocenters. The summed E-state index contributed by atoms with van der Waals surface area (Å²) in [4.78, 5) is 21.0. The van der Waals surface area contributed by atoms with Crippen molar-refractivity contribution in [3.8, 4) is 11.1 Å². The van der Waals surface area contributed by atoms with E-state index in [4.69, 9.17) is 0 Å². The van der Waals surface area contributed by atoms with E-state index in [1.807, 2.05) is 54.7 Å². The molecule has 1 aliphatic heterocycles. The first kappa shape index (κ1) is 17.1. The standard InChI is InChI=1S/C22H22N4O/c1-25-13-14-26(21-15-23-12-11-20(21)25)16-22(27)24-19-9-7-18(8-10-19)17-5-3-2-4-6-17/h2-12,15H,13-14,16H2,1H3,(H,24,27). The van der Waals surface area contributed by atoms with Crippen molar-refractivity contribution in [2.45, 2.75) is 0 Å². The minimum Gasteiger partial charge on any atom is -0.371 e. The molecule has 5 heteroatoms. The maximum atomic E-state index is 12.5. The summed E-state index contributed by atoms with van der Waals surface area (Å²) in [7, 11) is 2.06. The van der Waals surface area contributed by atoms with Crippen LogP contribution in [0.2, 0.25) is 0 Å². The molecular weight excluding hydrogens is 336 g/mol. The van der Waals surface area contributed by atoms with Crippen molar-refractivity contribution in [1.82, 2.24) is 4.98 Å². The second-order valence-electron chi connectivity index (χ2n) is 6.70. The van der Waals surface area contributed by atoms with Gasteiger partial charge < -0.3 is 15.1 Å². The molecule has 0 bridgehead atoms. The molecule has 3 aromatic rings. The molecule has 136 valence electrons. The first-order valence-electron chi connectivity index (χ1n) is 9.06. The van der Waals surface area contributed by atoms with E-state index in [1.165, 1.54) is 0 Å². The van der Waals surface area contributed by atoms with Crippen LogP contribution in [0.1, 0.15) is 0 Å². The smallest absolute Gasteiger partial charge is 0.243 e. The van der Waals surface area contributed by atoms with Gasteiger partial charge in [-0.2, -0.15) is 0 Å². The molecule has 1 amide bonds. The topological polar surface area (TPSA) is 48.5 Å². The van der Waals surface area contributed by atoms with E-state index in [0.29, 0.717) is 6.54 Å². The number of fused-ring (bicyclic) bond motifs is 1. The minimum absolute atomic E-state index is 0.0261. The van der Waals surface area contributed by atoms with Crippen LogP contribution in [0.15, 0.2) is 73.1 Å². The van der Waals surface area contributed by atoms with Crippen LogP contribution in [0, 0.1) is 0 Å². The lowest BCUT2D eigenvalue weighted by atomic mass is 10.1. The van der Waals surface area contributed by atoms with E-state index in [9.17, 15) is 4.79 Å². The number of hydrogen-bond acceptors (Lipinski definition) is 4. The Kier molecular flexibility index (Phi) is 4.75. The lowest BCUT2D eigenvalue weighted by Crippen LogP contribution is -2.43. The minimum atomic E-state index is -0.0261. The highest BCUT2D eigenvalue weighted by Crippen LogP contribution is 2.30. The average molecular weight is 358 g/mol. The number of carbonyl (C=O) groups excluding carboxylic acids is 1. The molecule has 0 saturated carbocycles. The Balaban J connectivity index is 1.42. The molecule has 1 aromatic heterocycles. The molecule has 2 heterocycles. The molecule has 4 rings (SSSR count). The van der Waals surface area contributed by atoms with Crippen molar-refractivity contribution in [2.75, 3.05) is 41.8 Å². The Bertz CT molecular complexity index is 925. The van der Waals surface area contributed by atoms with Crippen LogP contribution in [0.4, 0.5) is 17.1 Å². The maximum absolute atomic E-state index is 12.5.